The van der Waals surface area contributed by atoms with Crippen molar-refractivity contribution < 1.29 is 14.4 Å². The highest BCUT2D eigenvalue weighted by Gasteiger charge is 2.16. The molecule has 0 unspecified atom stereocenters. The Morgan fingerprint density at radius 1 is 1.47 bits per heavy atom. The van der Waals surface area contributed by atoms with Gasteiger partial charge in [0.15, 0.2) is 11.5 Å². The monoisotopic (exact) mass is 255 g/mol. The normalized spacial score (nSPS) is 14.6. The molecule has 0 saturated carbocycles. The third-order valence-electron chi connectivity index (χ3n) is 2.28. The van der Waals surface area contributed by atoms with Crippen LogP contribution >= 0.6 is 11.6 Å². The molecule has 5 nitrogen and oxygen atoms in total. The van der Waals surface area contributed by atoms with Crippen molar-refractivity contribution in [3.63, 3.8) is 0 Å². The minimum Gasteiger partial charge on any atom is -0.486 e. The molecular formula is C11H10ClNO4. The number of halogens is 1. The van der Waals surface area contributed by atoms with E-state index in [9.17, 15) is 10.1 Å². The van der Waals surface area contributed by atoms with Crippen molar-refractivity contribution in [1.29, 1.82) is 0 Å². The third-order valence-corrected chi connectivity index (χ3v) is 2.56. The number of ether oxygens (including phenoxy) is 2. The summed E-state index contributed by atoms with van der Waals surface area (Å²) in [6.45, 7) is 2.32. The highest BCUT2D eigenvalue weighted by Crippen LogP contribution is 2.38. The van der Waals surface area contributed by atoms with E-state index in [0.29, 0.717) is 35.3 Å². The summed E-state index contributed by atoms with van der Waals surface area (Å²) in [7, 11) is 0. The molecule has 1 aliphatic heterocycles. The highest BCUT2D eigenvalue weighted by molar-refractivity contribution is 6.32. The number of benzene rings is 1. The Kier molecular flexibility index (Phi) is 3.19. The number of allylic oxidation sites excluding steroid dienone is 1. The van der Waals surface area contributed by atoms with Crippen LogP contribution in [0.4, 0.5) is 0 Å². The summed E-state index contributed by atoms with van der Waals surface area (Å²) in [4.78, 5) is 10.1. The van der Waals surface area contributed by atoms with E-state index in [2.05, 4.69) is 0 Å². The first-order valence-electron chi connectivity index (χ1n) is 5.00. The van der Waals surface area contributed by atoms with Crippen LogP contribution in [0.3, 0.4) is 0 Å². The van der Waals surface area contributed by atoms with E-state index in [-0.39, 0.29) is 5.70 Å². The number of nitro groups is 1. The van der Waals surface area contributed by atoms with Crippen LogP contribution in [0.15, 0.2) is 17.8 Å². The molecule has 0 atom stereocenters. The topological polar surface area (TPSA) is 61.6 Å². The Bertz CT molecular complexity index is 498. The van der Waals surface area contributed by atoms with Gasteiger partial charge < -0.3 is 9.47 Å². The largest absolute Gasteiger partial charge is 0.486 e. The fourth-order valence-electron chi connectivity index (χ4n) is 1.51. The molecule has 1 heterocycles. The van der Waals surface area contributed by atoms with Gasteiger partial charge in [-0.05, 0) is 17.7 Å². The fraction of sp³-hybridized carbons (Fsp3) is 0.273. The average Bonchev–Trinajstić information content (AvgIpc) is 2.29. The Hall–Kier alpha value is -1.75. The quantitative estimate of drug-likeness (QED) is 0.602. The van der Waals surface area contributed by atoms with E-state index in [1.165, 1.54) is 13.0 Å². The van der Waals surface area contributed by atoms with Crippen LogP contribution in [0.1, 0.15) is 12.5 Å². The van der Waals surface area contributed by atoms with Gasteiger partial charge in [0.25, 0.3) is 0 Å². The van der Waals surface area contributed by atoms with Gasteiger partial charge in [0.05, 0.1) is 9.95 Å². The molecule has 17 heavy (non-hydrogen) atoms. The van der Waals surface area contributed by atoms with Crippen molar-refractivity contribution in [3.8, 4) is 11.5 Å². The van der Waals surface area contributed by atoms with E-state index in [1.54, 1.807) is 12.1 Å². The zero-order valence-corrected chi connectivity index (χ0v) is 9.86. The molecule has 1 aromatic carbocycles. The Morgan fingerprint density at radius 2 is 2.18 bits per heavy atom. The van der Waals surface area contributed by atoms with E-state index in [1.807, 2.05) is 0 Å². The summed E-state index contributed by atoms with van der Waals surface area (Å²) in [5, 5.41) is 10.9. The lowest BCUT2D eigenvalue weighted by Crippen LogP contribution is -2.15. The minimum absolute atomic E-state index is 0.0396. The maximum atomic E-state index is 10.5. The van der Waals surface area contributed by atoms with Crippen LogP contribution < -0.4 is 9.47 Å². The van der Waals surface area contributed by atoms with Crippen molar-refractivity contribution in [2.45, 2.75) is 6.92 Å². The summed E-state index contributed by atoms with van der Waals surface area (Å²) in [5.41, 5.74) is 0.659. The standard InChI is InChI=1S/C11H10ClNO4/c1-7(13(14)15)4-8-5-9(12)11-10(6-8)16-2-3-17-11/h4-6H,2-3H2,1H3. The first kappa shape index (κ1) is 11.7. The second-order valence-corrected chi connectivity index (χ2v) is 3.98. The molecule has 0 aromatic heterocycles. The molecule has 6 heteroatoms. The minimum atomic E-state index is -0.454. The van der Waals surface area contributed by atoms with Crippen LogP contribution in [0.25, 0.3) is 6.08 Å². The Morgan fingerprint density at radius 3 is 2.88 bits per heavy atom. The van der Waals surface area contributed by atoms with Crippen LogP contribution in [-0.4, -0.2) is 18.1 Å². The zero-order chi connectivity index (χ0) is 12.4. The molecule has 90 valence electrons. The van der Waals surface area contributed by atoms with Crippen molar-refractivity contribution in [2.75, 3.05) is 13.2 Å². The fourth-order valence-corrected chi connectivity index (χ4v) is 1.78. The van der Waals surface area contributed by atoms with E-state index >= 15 is 0 Å². The van der Waals surface area contributed by atoms with Gasteiger partial charge in [0.2, 0.25) is 5.70 Å². The number of hydrogen-bond donors (Lipinski definition) is 0. The van der Waals surface area contributed by atoms with Gasteiger partial charge in [-0.1, -0.05) is 11.6 Å². The van der Waals surface area contributed by atoms with Gasteiger partial charge in [-0.2, -0.15) is 0 Å². The SMILES string of the molecule is CC(=Cc1cc(Cl)c2c(c1)OCCO2)[N+](=O)[O-]. The van der Waals surface area contributed by atoms with Crippen molar-refractivity contribution in [3.05, 3.63) is 38.5 Å². The number of hydrogen-bond acceptors (Lipinski definition) is 4. The van der Waals surface area contributed by atoms with Crippen LogP contribution in [0.2, 0.25) is 5.02 Å². The first-order chi connectivity index (χ1) is 8.08. The second kappa shape index (κ2) is 4.63. The molecule has 0 amide bonds. The maximum Gasteiger partial charge on any atom is 0.243 e. The smallest absolute Gasteiger partial charge is 0.243 e. The zero-order valence-electron chi connectivity index (χ0n) is 9.10. The number of fused-ring (bicyclic) bond motifs is 1. The molecular weight excluding hydrogens is 246 g/mol. The van der Waals surface area contributed by atoms with E-state index in [0.717, 1.165) is 0 Å². The average molecular weight is 256 g/mol. The summed E-state index contributed by atoms with van der Waals surface area (Å²) < 4.78 is 10.7. The molecule has 0 spiro atoms. The van der Waals surface area contributed by atoms with Gasteiger partial charge in [0, 0.05) is 13.0 Å². The van der Waals surface area contributed by atoms with Gasteiger partial charge in [-0.3, -0.25) is 10.1 Å². The van der Waals surface area contributed by atoms with Crippen LogP contribution in [-0.2, 0) is 0 Å². The van der Waals surface area contributed by atoms with Gasteiger partial charge in [0.1, 0.15) is 13.2 Å². The lowest BCUT2D eigenvalue weighted by molar-refractivity contribution is -0.422. The molecule has 1 aromatic rings. The molecule has 0 fully saturated rings. The van der Waals surface area contributed by atoms with Gasteiger partial charge in [-0.15, -0.1) is 0 Å². The molecule has 0 aliphatic carbocycles. The molecule has 0 saturated heterocycles. The molecule has 0 radical (unpaired) electrons. The van der Waals surface area contributed by atoms with Gasteiger partial charge in [-0.25, -0.2) is 0 Å². The first-order valence-corrected chi connectivity index (χ1v) is 5.37. The highest BCUT2D eigenvalue weighted by atomic mass is 35.5. The molecule has 0 N–H and O–H groups in total. The second-order valence-electron chi connectivity index (χ2n) is 3.57. The maximum absolute atomic E-state index is 10.5. The predicted octanol–water partition coefficient (Wildman–Crippen LogP) is 2.75. The molecule has 1 aliphatic rings. The van der Waals surface area contributed by atoms with E-state index in [4.69, 9.17) is 21.1 Å². The number of rotatable bonds is 2. The summed E-state index contributed by atoms with van der Waals surface area (Å²) >= 11 is 6.01. The molecule has 0 bridgehead atoms. The Balaban J connectivity index is 2.41. The Labute approximate surface area is 103 Å². The van der Waals surface area contributed by atoms with Crippen LogP contribution in [0.5, 0.6) is 11.5 Å². The van der Waals surface area contributed by atoms with Crippen molar-refractivity contribution >= 4 is 17.7 Å². The van der Waals surface area contributed by atoms with Gasteiger partial charge >= 0.3 is 0 Å². The summed E-state index contributed by atoms with van der Waals surface area (Å²) in [6.07, 6.45) is 1.43. The van der Waals surface area contributed by atoms with Crippen LogP contribution in [0, 0.1) is 10.1 Å². The third kappa shape index (κ3) is 2.50. The summed E-state index contributed by atoms with van der Waals surface area (Å²) in [6, 6.07) is 3.29. The van der Waals surface area contributed by atoms with E-state index < -0.39 is 4.92 Å². The summed E-state index contributed by atoms with van der Waals surface area (Å²) in [5.74, 6) is 1.01. The molecule has 2 rings (SSSR count). The van der Waals surface area contributed by atoms with Crippen molar-refractivity contribution in [2.24, 2.45) is 0 Å². The lowest BCUT2D eigenvalue weighted by atomic mass is 10.1. The predicted molar refractivity (Wildman–Crippen MR) is 63.1 cm³/mol. The lowest BCUT2D eigenvalue weighted by Gasteiger charge is -2.19. The number of nitrogens with zero attached hydrogens (tertiary/aromatic N) is 1. The van der Waals surface area contributed by atoms with Crippen molar-refractivity contribution in [1.82, 2.24) is 0 Å².